The van der Waals surface area contributed by atoms with Crippen LogP contribution in [0.4, 0.5) is 0 Å². The Labute approximate surface area is 190 Å². The largest absolute Gasteiger partial charge is 0.497 e. The van der Waals surface area contributed by atoms with Gasteiger partial charge in [0.1, 0.15) is 5.75 Å². The Morgan fingerprint density at radius 2 is 1.68 bits per heavy atom. The summed E-state index contributed by atoms with van der Waals surface area (Å²) in [5, 5.41) is 0. The third-order valence-corrected chi connectivity index (χ3v) is 7.54. The number of rotatable bonds is 5. The topological polar surface area (TPSA) is 66.9 Å². The van der Waals surface area contributed by atoms with Gasteiger partial charge in [-0.3, -0.25) is 9.69 Å². The molecule has 3 atom stereocenters. The van der Waals surface area contributed by atoms with Crippen LogP contribution in [0, 0.1) is 11.8 Å². The molecule has 0 N–H and O–H groups in total. The van der Waals surface area contributed by atoms with E-state index in [2.05, 4.69) is 24.1 Å². The monoisotopic (exact) mass is 464 g/mol. The highest BCUT2D eigenvalue weighted by atomic mass is 35.5. The molecule has 0 aliphatic carbocycles. The highest BCUT2D eigenvalue weighted by Gasteiger charge is 2.47. The van der Waals surface area contributed by atoms with Crippen molar-refractivity contribution in [1.82, 2.24) is 9.80 Å². The molecule has 0 saturated carbocycles. The molecule has 2 aromatic rings. The molecular weight excluding hydrogens is 436 g/mol. The number of nitrogens with zero attached hydrogens (tertiary/aromatic N) is 2. The summed E-state index contributed by atoms with van der Waals surface area (Å²) in [6.45, 7) is 2.52. The Morgan fingerprint density at radius 1 is 1.03 bits per heavy atom. The zero-order valence-electron chi connectivity index (χ0n) is 18.0. The average molecular weight is 465 g/mol. The number of halogens is 1. The summed E-state index contributed by atoms with van der Waals surface area (Å²) in [4.78, 5) is 17.6. The highest BCUT2D eigenvalue weighted by Crippen LogP contribution is 2.44. The van der Waals surface area contributed by atoms with Crippen LogP contribution in [0.25, 0.3) is 0 Å². The SMILES string of the molecule is COc1ccc([C@H]2[C@@H]3CN(C(=O)Cc4ccc(S(C)(=O)=O)cc4)C[C@@H]3CN2C)cc1.Cl. The molecule has 1 amide bonds. The summed E-state index contributed by atoms with van der Waals surface area (Å²) in [5.41, 5.74) is 2.10. The van der Waals surface area contributed by atoms with E-state index < -0.39 is 9.84 Å². The molecule has 31 heavy (non-hydrogen) atoms. The van der Waals surface area contributed by atoms with Gasteiger partial charge in [-0.2, -0.15) is 0 Å². The second-order valence-electron chi connectivity index (χ2n) is 8.47. The molecule has 6 nitrogen and oxygen atoms in total. The second kappa shape index (κ2) is 9.18. The lowest BCUT2D eigenvalue weighted by Gasteiger charge is -2.27. The first-order valence-electron chi connectivity index (χ1n) is 10.2. The molecule has 0 unspecified atom stereocenters. The summed E-state index contributed by atoms with van der Waals surface area (Å²) in [5.74, 6) is 1.84. The van der Waals surface area contributed by atoms with Gasteiger partial charge in [0.25, 0.3) is 0 Å². The van der Waals surface area contributed by atoms with Crippen molar-refractivity contribution in [2.45, 2.75) is 17.4 Å². The van der Waals surface area contributed by atoms with Crippen LogP contribution in [0.3, 0.4) is 0 Å². The average Bonchev–Trinajstić information content (AvgIpc) is 3.24. The Kier molecular flexibility index (Phi) is 6.98. The lowest BCUT2D eigenvalue weighted by Crippen LogP contribution is -2.34. The van der Waals surface area contributed by atoms with E-state index in [0.717, 1.165) is 30.9 Å². The van der Waals surface area contributed by atoms with Crippen molar-refractivity contribution in [3.8, 4) is 5.75 Å². The lowest BCUT2D eigenvalue weighted by molar-refractivity contribution is -0.129. The van der Waals surface area contributed by atoms with Gasteiger partial charge in [0.2, 0.25) is 5.91 Å². The van der Waals surface area contributed by atoms with Gasteiger partial charge in [0, 0.05) is 37.8 Å². The Hall–Kier alpha value is -2.09. The number of hydrogen-bond donors (Lipinski definition) is 0. The molecule has 0 bridgehead atoms. The minimum absolute atomic E-state index is 0. The van der Waals surface area contributed by atoms with Crippen LogP contribution in [0.15, 0.2) is 53.4 Å². The van der Waals surface area contributed by atoms with E-state index in [-0.39, 0.29) is 23.2 Å². The molecule has 8 heteroatoms. The molecule has 2 fully saturated rings. The normalized spacial score (nSPS) is 23.3. The molecule has 0 radical (unpaired) electrons. The Balaban J connectivity index is 0.00000272. The number of amides is 1. The van der Waals surface area contributed by atoms with E-state index in [1.165, 1.54) is 11.8 Å². The van der Waals surface area contributed by atoms with Crippen LogP contribution < -0.4 is 4.74 Å². The van der Waals surface area contributed by atoms with Crippen LogP contribution in [-0.2, 0) is 21.1 Å². The third-order valence-electron chi connectivity index (χ3n) is 6.41. The quantitative estimate of drug-likeness (QED) is 0.680. The fourth-order valence-corrected chi connectivity index (χ4v) is 5.54. The smallest absolute Gasteiger partial charge is 0.227 e. The maximum absolute atomic E-state index is 12.9. The van der Waals surface area contributed by atoms with Gasteiger partial charge >= 0.3 is 0 Å². The molecule has 0 spiro atoms. The molecule has 2 aromatic carbocycles. The summed E-state index contributed by atoms with van der Waals surface area (Å²) < 4.78 is 28.5. The van der Waals surface area contributed by atoms with E-state index in [9.17, 15) is 13.2 Å². The minimum Gasteiger partial charge on any atom is -0.497 e. The van der Waals surface area contributed by atoms with Crippen molar-refractivity contribution in [2.75, 3.05) is 40.0 Å². The number of sulfone groups is 1. The first-order valence-corrected chi connectivity index (χ1v) is 12.1. The van der Waals surface area contributed by atoms with Gasteiger partial charge in [0.15, 0.2) is 9.84 Å². The Bertz CT molecular complexity index is 1020. The zero-order valence-corrected chi connectivity index (χ0v) is 19.7. The third kappa shape index (κ3) is 4.89. The number of methoxy groups -OCH3 is 1. The molecule has 4 rings (SSSR count). The standard InChI is InChI=1S/C23H28N2O4S.ClH/c1-24-13-18-14-25(15-21(18)23(24)17-6-8-19(29-2)9-7-17)22(26)12-16-4-10-20(11-5-16)30(3,27)28;/h4-11,18,21,23H,12-15H2,1-3H3;1H/t18-,21+,23-;/m0./s1. The number of carbonyl (C=O) groups is 1. The van der Waals surface area contributed by atoms with Gasteiger partial charge in [0.05, 0.1) is 18.4 Å². The summed E-state index contributed by atoms with van der Waals surface area (Å²) >= 11 is 0. The van der Waals surface area contributed by atoms with Crippen molar-refractivity contribution in [3.63, 3.8) is 0 Å². The van der Waals surface area contributed by atoms with Crippen LogP contribution in [-0.4, -0.2) is 64.2 Å². The zero-order chi connectivity index (χ0) is 21.5. The van der Waals surface area contributed by atoms with Gasteiger partial charge in [-0.1, -0.05) is 24.3 Å². The minimum atomic E-state index is -3.22. The number of fused-ring (bicyclic) bond motifs is 1. The molecule has 2 saturated heterocycles. The number of carbonyl (C=O) groups excluding carboxylic acids is 1. The summed E-state index contributed by atoms with van der Waals surface area (Å²) in [7, 11) is 0.600. The predicted molar refractivity (Wildman–Crippen MR) is 122 cm³/mol. The first-order chi connectivity index (χ1) is 14.3. The molecule has 168 valence electrons. The predicted octanol–water partition coefficient (Wildman–Crippen LogP) is 2.82. The number of hydrogen-bond acceptors (Lipinski definition) is 5. The van der Waals surface area contributed by atoms with Crippen molar-refractivity contribution >= 4 is 28.2 Å². The highest BCUT2D eigenvalue weighted by molar-refractivity contribution is 7.90. The maximum Gasteiger partial charge on any atom is 0.227 e. The van der Waals surface area contributed by atoms with Crippen molar-refractivity contribution < 1.29 is 17.9 Å². The fraction of sp³-hybridized carbons (Fsp3) is 0.435. The van der Waals surface area contributed by atoms with E-state index in [0.29, 0.717) is 24.3 Å². The van der Waals surface area contributed by atoms with E-state index >= 15 is 0 Å². The van der Waals surface area contributed by atoms with E-state index in [1.807, 2.05) is 17.0 Å². The number of ether oxygens (including phenoxy) is 1. The van der Waals surface area contributed by atoms with Crippen LogP contribution in [0.5, 0.6) is 5.75 Å². The van der Waals surface area contributed by atoms with Crippen LogP contribution in [0.2, 0.25) is 0 Å². The summed E-state index contributed by atoms with van der Waals surface area (Å²) in [6, 6.07) is 15.2. The second-order valence-corrected chi connectivity index (χ2v) is 10.5. The lowest BCUT2D eigenvalue weighted by atomic mass is 9.89. The molecule has 2 aliphatic heterocycles. The molecular formula is C23H29ClN2O4S. The van der Waals surface area contributed by atoms with Crippen LogP contribution in [0.1, 0.15) is 17.2 Å². The van der Waals surface area contributed by atoms with Crippen molar-refractivity contribution in [3.05, 3.63) is 59.7 Å². The number of likely N-dealkylation sites (tertiary alicyclic amines) is 2. The maximum atomic E-state index is 12.9. The van der Waals surface area contributed by atoms with Gasteiger partial charge in [-0.05, 0) is 48.4 Å². The van der Waals surface area contributed by atoms with E-state index in [1.54, 1.807) is 31.4 Å². The van der Waals surface area contributed by atoms with E-state index in [4.69, 9.17) is 4.74 Å². The molecule has 0 aromatic heterocycles. The summed E-state index contributed by atoms with van der Waals surface area (Å²) in [6.07, 6.45) is 1.49. The fourth-order valence-electron chi connectivity index (χ4n) is 4.90. The van der Waals surface area contributed by atoms with Crippen LogP contribution >= 0.6 is 12.4 Å². The van der Waals surface area contributed by atoms with Gasteiger partial charge < -0.3 is 9.64 Å². The molecule has 2 aliphatic rings. The van der Waals surface area contributed by atoms with Gasteiger partial charge in [-0.15, -0.1) is 12.4 Å². The first kappa shape index (κ1) is 23.6. The molecule has 2 heterocycles. The Morgan fingerprint density at radius 3 is 2.26 bits per heavy atom. The van der Waals surface area contributed by atoms with Crippen molar-refractivity contribution in [1.29, 1.82) is 0 Å². The van der Waals surface area contributed by atoms with Crippen molar-refractivity contribution in [2.24, 2.45) is 11.8 Å². The number of benzene rings is 2. The van der Waals surface area contributed by atoms with Gasteiger partial charge in [-0.25, -0.2) is 8.42 Å².